The Labute approximate surface area is 131 Å². The number of ether oxygens (including phenoxy) is 2. The molecular weight excluding hydrogens is 286 g/mol. The highest BCUT2D eigenvalue weighted by molar-refractivity contribution is 7.99. The highest BCUT2D eigenvalue weighted by atomic mass is 32.2. The van der Waals surface area contributed by atoms with Gasteiger partial charge in [0.05, 0.1) is 19.5 Å². The molecule has 0 saturated heterocycles. The van der Waals surface area contributed by atoms with Gasteiger partial charge in [-0.3, -0.25) is 4.79 Å². The number of carbonyl (C=O) groups excluding carboxylic acids is 1. The van der Waals surface area contributed by atoms with Gasteiger partial charge in [0.2, 0.25) is 0 Å². The van der Waals surface area contributed by atoms with Crippen LogP contribution in [0.4, 0.5) is 0 Å². The van der Waals surface area contributed by atoms with Crippen molar-refractivity contribution < 1.29 is 14.3 Å². The van der Waals surface area contributed by atoms with Gasteiger partial charge in [0.1, 0.15) is 5.75 Å². The normalized spacial score (nSPS) is 12.0. The molecule has 0 amide bonds. The maximum absolute atomic E-state index is 11.2. The van der Waals surface area contributed by atoms with E-state index in [0.717, 1.165) is 30.0 Å². The number of hydrogen-bond donors (Lipinski definition) is 1. The zero-order valence-corrected chi connectivity index (χ0v) is 13.9. The smallest absolute Gasteiger partial charge is 0.315 e. The van der Waals surface area contributed by atoms with Crippen molar-refractivity contribution in [1.29, 1.82) is 0 Å². The molecule has 1 atom stereocenters. The van der Waals surface area contributed by atoms with Gasteiger partial charge in [0.15, 0.2) is 0 Å². The van der Waals surface area contributed by atoms with E-state index >= 15 is 0 Å². The van der Waals surface area contributed by atoms with Crippen LogP contribution in [0.3, 0.4) is 0 Å². The fourth-order valence-electron chi connectivity index (χ4n) is 1.95. The second kappa shape index (κ2) is 10.5. The molecule has 0 heterocycles. The first-order chi connectivity index (χ1) is 10.2. The van der Waals surface area contributed by atoms with Crippen LogP contribution in [0.5, 0.6) is 5.75 Å². The van der Waals surface area contributed by atoms with Gasteiger partial charge in [0, 0.05) is 17.4 Å². The molecule has 5 heteroatoms. The maximum Gasteiger partial charge on any atom is 0.315 e. The second-order valence-corrected chi connectivity index (χ2v) is 5.60. The van der Waals surface area contributed by atoms with Crippen molar-refractivity contribution in [2.45, 2.75) is 26.3 Å². The lowest BCUT2D eigenvalue weighted by Gasteiger charge is -2.21. The van der Waals surface area contributed by atoms with E-state index in [2.05, 4.69) is 23.0 Å². The minimum absolute atomic E-state index is 0.169. The lowest BCUT2D eigenvalue weighted by Crippen LogP contribution is -2.25. The van der Waals surface area contributed by atoms with Crippen LogP contribution in [-0.4, -0.2) is 37.7 Å². The molecule has 1 unspecified atom stereocenters. The average Bonchev–Trinajstić information content (AvgIpc) is 2.51. The van der Waals surface area contributed by atoms with Crippen LogP contribution in [0.25, 0.3) is 0 Å². The molecule has 0 aliphatic carbocycles. The van der Waals surface area contributed by atoms with Crippen molar-refractivity contribution >= 4 is 17.7 Å². The van der Waals surface area contributed by atoms with Crippen LogP contribution in [-0.2, 0) is 9.53 Å². The highest BCUT2D eigenvalue weighted by Gasteiger charge is 2.16. The molecule has 0 saturated carbocycles. The first kappa shape index (κ1) is 17.9. The van der Waals surface area contributed by atoms with Gasteiger partial charge in [0.25, 0.3) is 0 Å². The number of hydrogen-bond acceptors (Lipinski definition) is 5. The van der Waals surface area contributed by atoms with Crippen LogP contribution in [0.2, 0.25) is 0 Å². The predicted molar refractivity (Wildman–Crippen MR) is 88.0 cm³/mol. The van der Waals surface area contributed by atoms with Crippen LogP contribution in [0.1, 0.15) is 31.9 Å². The first-order valence-corrected chi connectivity index (χ1v) is 8.48. The highest BCUT2D eigenvalue weighted by Crippen LogP contribution is 2.27. The van der Waals surface area contributed by atoms with Crippen LogP contribution in [0.15, 0.2) is 24.3 Å². The summed E-state index contributed by atoms with van der Waals surface area (Å²) in [5.74, 6) is 1.90. The first-order valence-electron chi connectivity index (χ1n) is 7.32. The molecule has 1 aromatic rings. The summed E-state index contributed by atoms with van der Waals surface area (Å²) in [6, 6.07) is 8.24. The maximum atomic E-state index is 11.2. The number of methoxy groups -OCH3 is 1. The Balaban J connectivity index is 2.73. The van der Waals surface area contributed by atoms with Crippen LogP contribution in [0, 0.1) is 0 Å². The lowest BCUT2D eigenvalue weighted by molar-refractivity contribution is -0.137. The zero-order chi connectivity index (χ0) is 15.5. The Kier molecular flexibility index (Phi) is 8.94. The van der Waals surface area contributed by atoms with E-state index in [1.807, 2.05) is 25.1 Å². The number of esters is 1. The van der Waals surface area contributed by atoms with Crippen molar-refractivity contribution in [2.24, 2.45) is 0 Å². The number of benzene rings is 1. The summed E-state index contributed by atoms with van der Waals surface area (Å²) in [6.45, 7) is 5.70. The van der Waals surface area contributed by atoms with E-state index in [1.165, 1.54) is 7.11 Å². The molecule has 0 fully saturated rings. The van der Waals surface area contributed by atoms with Gasteiger partial charge in [-0.1, -0.05) is 25.1 Å². The summed E-state index contributed by atoms with van der Waals surface area (Å²) in [6.07, 6.45) is 1.06. The monoisotopic (exact) mass is 311 g/mol. The molecule has 0 aliphatic rings. The van der Waals surface area contributed by atoms with E-state index in [-0.39, 0.29) is 12.0 Å². The van der Waals surface area contributed by atoms with Gasteiger partial charge < -0.3 is 14.8 Å². The molecule has 0 bridgehead atoms. The molecule has 1 rings (SSSR count). The molecule has 4 nitrogen and oxygen atoms in total. The Morgan fingerprint density at radius 3 is 2.76 bits per heavy atom. The summed E-state index contributed by atoms with van der Waals surface area (Å²) >= 11 is 1.57. The second-order valence-electron chi connectivity index (χ2n) is 4.57. The molecule has 0 aliphatic heterocycles. The van der Waals surface area contributed by atoms with Crippen LogP contribution < -0.4 is 10.1 Å². The topological polar surface area (TPSA) is 47.6 Å². The lowest BCUT2D eigenvalue weighted by atomic mass is 10.1. The predicted octanol–water partition coefficient (Wildman–Crippen LogP) is 3.03. The van der Waals surface area contributed by atoms with Gasteiger partial charge in [-0.05, 0) is 26.0 Å². The Bertz CT molecular complexity index is 426. The molecule has 1 aromatic carbocycles. The van der Waals surface area contributed by atoms with E-state index in [4.69, 9.17) is 4.74 Å². The molecule has 0 spiro atoms. The van der Waals surface area contributed by atoms with Crippen molar-refractivity contribution in [3.63, 3.8) is 0 Å². The minimum atomic E-state index is -0.188. The van der Waals surface area contributed by atoms with E-state index in [1.54, 1.807) is 11.8 Å². The van der Waals surface area contributed by atoms with Crippen molar-refractivity contribution in [3.8, 4) is 5.75 Å². The number of rotatable bonds is 10. The third-order valence-corrected chi connectivity index (χ3v) is 3.98. The fourth-order valence-corrected chi connectivity index (χ4v) is 2.89. The summed E-state index contributed by atoms with van der Waals surface area (Å²) in [4.78, 5) is 11.2. The molecule has 21 heavy (non-hydrogen) atoms. The quantitative estimate of drug-likeness (QED) is 0.673. The summed E-state index contributed by atoms with van der Waals surface area (Å²) in [5, 5.41) is 3.52. The average molecular weight is 311 g/mol. The van der Waals surface area contributed by atoms with Crippen LogP contribution >= 0.6 is 11.8 Å². The Morgan fingerprint density at radius 2 is 2.10 bits per heavy atom. The SMILES string of the molecule is CCCNC(CSCC(=O)OC)c1ccccc1OCC. The summed E-state index contributed by atoms with van der Waals surface area (Å²) < 4.78 is 10.4. The summed E-state index contributed by atoms with van der Waals surface area (Å²) in [5.41, 5.74) is 1.14. The van der Waals surface area contributed by atoms with Gasteiger partial charge in [-0.2, -0.15) is 0 Å². The largest absolute Gasteiger partial charge is 0.494 e. The molecule has 0 radical (unpaired) electrons. The minimum Gasteiger partial charge on any atom is -0.494 e. The van der Waals surface area contributed by atoms with Crippen molar-refractivity contribution in [1.82, 2.24) is 5.32 Å². The third-order valence-electron chi connectivity index (χ3n) is 2.97. The van der Waals surface area contributed by atoms with Gasteiger partial charge >= 0.3 is 5.97 Å². The van der Waals surface area contributed by atoms with Gasteiger partial charge in [-0.25, -0.2) is 0 Å². The van der Waals surface area contributed by atoms with Gasteiger partial charge in [-0.15, -0.1) is 11.8 Å². The third kappa shape index (κ3) is 6.40. The number of para-hydroxylation sites is 1. The standard InChI is InChI=1S/C16H25NO3S/c1-4-10-17-14(11-21-12-16(18)19-3)13-8-6-7-9-15(13)20-5-2/h6-9,14,17H,4-5,10-12H2,1-3H3. The number of thioether (sulfide) groups is 1. The number of carbonyl (C=O) groups is 1. The summed E-state index contributed by atoms with van der Waals surface area (Å²) in [7, 11) is 1.42. The zero-order valence-electron chi connectivity index (χ0n) is 13.1. The number of nitrogens with one attached hydrogen (secondary N) is 1. The Hall–Kier alpha value is -1.20. The fraction of sp³-hybridized carbons (Fsp3) is 0.562. The Morgan fingerprint density at radius 1 is 1.33 bits per heavy atom. The van der Waals surface area contributed by atoms with E-state index in [9.17, 15) is 4.79 Å². The van der Waals surface area contributed by atoms with Crippen molar-refractivity contribution in [2.75, 3.05) is 31.8 Å². The van der Waals surface area contributed by atoms with Crippen molar-refractivity contribution in [3.05, 3.63) is 29.8 Å². The van der Waals surface area contributed by atoms with E-state index in [0.29, 0.717) is 12.4 Å². The molecular formula is C16H25NO3S. The van der Waals surface area contributed by atoms with E-state index < -0.39 is 0 Å². The molecule has 118 valence electrons. The molecule has 0 aromatic heterocycles. The molecule has 1 N–H and O–H groups in total.